The fourth-order valence-corrected chi connectivity index (χ4v) is 3.96. The number of ether oxygens (including phenoxy) is 2. The molecule has 1 saturated carbocycles. The molecule has 0 bridgehead atoms. The van der Waals surface area contributed by atoms with E-state index in [-0.39, 0.29) is 30.2 Å². The Morgan fingerprint density at radius 2 is 1.83 bits per heavy atom. The van der Waals surface area contributed by atoms with Gasteiger partial charge in [0.25, 0.3) is 0 Å². The van der Waals surface area contributed by atoms with Crippen molar-refractivity contribution >= 4 is 23.9 Å². The van der Waals surface area contributed by atoms with E-state index in [0.29, 0.717) is 18.4 Å². The highest BCUT2D eigenvalue weighted by molar-refractivity contribution is 5.93. The summed E-state index contributed by atoms with van der Waals surface area (Å²) in [4.78, 5) is 53.2. The van der Waals surface area contributed by atoms with Gasteiger partial charge in [-0.05, 0) is 63.1 Å². The van der Waals surface area contributed by atoms with E-state index in [4.69, 9.17) is 4.74 Å². The number of hydrogen-bond acceptors (Lipinski definition) is 7. The molecule has 0 aromatic heterocycles. The van der Waals surface area contributed by atoms with Crippen LogP contribution in [0.1, 0.15) is 66.0 Å². The van der Waals surface area contributed by atoms with E-state index in [1.165, 1.54) is 24.1 Å². The van der Waals surface area contributed by atoms with Crippen LogP contribution >= 0.6 is 0 Å². The summed E-state index contributed by atoms with van der Waals surface area (Å²) in [5, 5.41) is 15.3. The number of amides is 3. The molecule has 2 rings (SSSR count). The zero-order valence-corrected chi connectivity index (χ0v) is 22.2. The lowest BCUT2D eigenvalue weighted by atomic mass is 9.98. The number of benzene rings is 1. The zero-order valence-electron chi connectivity index (χ0n) is 22.2. The maximum atomic E-state index is 14.0. The van der Waals surface area contributed by atoms with Crippen molar-refractivity contribution < 1.29 is 33.8 Å². The minimum absolute atomic E-state index is 0.0553. The van der Waals surface area contributed by atoms with Gasteiger partial charge in [-0.2, -0.15) is 0 Å². The minimum Gasteiger partial charge on any atom is -0.508 e. The molecule has 4 atom stereocenters. The van der Waals surface area contributed by atoms with E-state index in [0.717, 1.165) is 0 Å². The molecule has 1 aromatic rings. The molecule has 200 valence electrons. The fourth-order valence-electron chi connectivity index (χ4n) is 3.96. The van der Waals surface area contributed by atoms with Crippen molar-refractivity contribution in [3.8, 4) is 5.75 Å². The molecule has 1 fully saturated rings. The van der Waals surface area contributed by atoms with Crippen molar-refractivity contribution in [3.05, 3.63) is 29.8 Å². The zero-order chi connectivity index (χ0) is 27.2. The number of methoxy groups -OCH3 is 1. The molecule has 0 saturated heterocycles. The lowest BCUT2D eigenvalue weighted by Crippen LogP contribution is -2.54. The molecule has 0 aliphatic heterocycles. The van der Waals surface area contributed by atoms with Crippen LogP contribution in [0.3, 0.4) is 0 Å². The number of carbonyl (C=O) groups excluding carboxylic acids is 4. The third kappa shape index (κ3) is 8.42. The van der Waals surface area contributed by atoms with E-state index < -0.39 is 41.6 Å². The second-order valence-electron chi connectivity index (χ2n) is 10.6. The number of carbonyl (C=O) groups is 4. The highest BCUT2D eigenvalue weighted by Crippen LogP contribution is 2.41. The van der Waals surface area contributed by atoms with Crippen LogP contribution < -0.4 is 10.6 Å². The average Bonchev–Trinajstić information content (AvgIpc) is 3.48. The summed E-state index contributed by atoms with van der Waals surface area (Å²) in [5.74, 6) is -1.56. The van der Waals surface area contributed by atoms with Crippen molar-refractivity contribution in [1.29, 1.82) is 0 Å². The fraction of sp³-hybridized carbons (Fsp3) is 0.615. The molecule has 36 heavy (non-hydrogen) atoms. The lowest BCUT2D eigenvalue weighted by Gasteiger charge is -2.35. The van der Waals surface area contributed by atoms with E-state index in [1.54, 1.807) is 32.9 Å². The number of phenolic OH excluding ortho intramolecular Hbond substituents is 1. The molecule has 4 unspecified atom stereocenters. The van der Waals surface area contributed by atoms with Crippen LogP contribution in [-0.2, 0) is 23.9 Å². The maximum Gasteiger partial charge on any atom is 0.408 e. The predicted molar refractivity (Wildman–Crippen MR) is 133 cm³/mol. The first kappa shape index (κ1) is 28.9. The molecule has 1 aliphatic rings. The van der Waals surface area contributed by atoms with Gasteiger partial charge < -0.3 is 30.1 Å². The van der Waals surface area contributed by atoms with Gasteiger partial charge in [-0.15, -0.1) is 0 Å². The van der Waals surface area contributed by atoms with Crippen molar-refractivity contribution in [2.24, 2.45) is 11.8 Å². The second kappa shape index (κ2) is 12.1. The number of nitrogens with zero attached hydrogens (tertiary/aromatic N) is 1. The van der Waals surface area contributed by atoms with Gasteiger partial charge >= 0.3 is 12.1 Å². The first-order valence-corrected chi connectivity index (χ1v) is 12.2. The first-order chi connectivity index (χ1) is 16.7. The molecule has 10 nitrogen and oxygen atoms in total. The van der Waals surface area contributed by atoms with Crippen molar-refractivity contribution in [1.82, 2.24) is 15.5 Å². The summed E-state index contributed by atoms with van der Waals surface area (Å²) in [7, 11) is 1.21. The van der Waals surface area contributed by atoms with Crippen molar-refractivity contribution in [2.45, 2.75) is 78.1 Å². The second-order valence-corrected chi connectivity index (χ2v) is 10.6. The van der Waals surface area contributed by atoms with Gasteiger partial charge in [0, 0.05) is 6.04 Å². The summed E-state index contributed by atoms with van der Waals surface area (Å²) >= 11 is 0. The van der Waals surface area contributed by atoms with Gasteiger partial charge in [0.1, 0.15) is 30.0 Å². The summed E-state index contributed by atoms with van der Waals surface area (Å²) in [6.45, 7) is 10.6. The molecule has 10 heteroatoms. The van der Waals surface area contributed by atoms with Crippen LogP contribution in [0.2, 0.25) is 0 Å². The van der Waals surface area contributed by atoms with E-state index in [1.807, 2.05) is 20.8 Å². The Hall–Kier alpha value is -3.30. The van der Waals surface area contributed by atoms with Crippen LogP contribution in [0.15, 0.2) is 24.3 Å². The first-order valence-electron chi connectivity index (χ1n) is 12.2. The monoisotopic (exact) mass is 505 g/mol. The van der Waals surface area contributed by atoms with Crippen LogP contribution in [0, 0.1) is 11.8 Å². The van der Waals surface area contributed by atoms with Crippen molar-refractivity contribution in [2.75, 3.05) is 13.7 Å². The van der Waals surface area contributed by atoms with Crippen LogP contribution in [0.5, 0.6) is 5.75 Å². The molecule has 0 radical (unpaired) electrons. The Morgan fingerprint density at radius 1 is 1.19 bits per heavy atom. The summed E-state index contributed by atoms with van der Waals surface area (Å²) in [6, 6.07) is 3.74. The van der Waals surface area contributed by atoms with Gasteiger partial charge in [-0.1, -0.05) is 32.9 Å². The molecule has 1 aliphatic carbocycles. The molecule has 3 amide bonds. The summed E-state index contributed by atoms with van der Waals surface area (Å²) in [5.41, 5.74) is -0.372. The number of esters is 1. The van der Waals surface area contributed by atoms with E-state index in [9.17, 15) is 24.3 Å². The topological polar surface area (TPSA) is 134 Å². The average molecular weight is 506 g/mol. The smallest absolute Gasteiger partial charge is 0.408 e. The Kier molecular flexibility index (Phi) is 9.72. The van der Waals surface area contributed by atoms with Gasteiger partial charge in [0.05, 0.1) is 7.11 Å². The quantitative estimate of drug-likeness (QED) is 0.416. The summed E-state index contributed by atoms with van der Waals surface area (Å²) < 4.78 is 10.00. The van der Waals surface area contributed by atoms with Crippen molar-refractivity contribution in [3.63, 3.8) is 0 Å². The van der Waals surface area contributed by atoms with E-state index in [2.05, 4.69) is 15.4 Å². The molecule has 1 aromatic carbocycles. The maximum absolute atomic E-state index is 14.0. The molecule has 0 spiro atoms. The van der Waals surface area contributed by atoms with Gasteiger partial charge in [-0.3, -0.25) is 14.4 Å². The largest absolute Gasteiger partial charge is 0.508 e. The molecule has 0 heterocycles. The number of aromatic hydroxyl groups is 1. The predicted octanol–water partition coefficient (Wildman–Crippen LogP) is 2.90. The van der Waals surface area contributed by atoms with Gasteiger partial charge in [0.2, 0.25) is 11.8 Å². The van der Waals surface area contributed by atoms with Crippen LogP contribution in [-0.4, -0.2) is 65.2 Å². The lowest BCUT2D eigenvalue weighted by molar-refractivity contribution is -0.145. The number of phenols is 1. The summed E-state index contributed by atoms with van der Waals surface area (Å²) in [6.07, 6.45) is 0.271. The number of alkyl carbamates (subject to hydrolysis) is 1. The molecular weight excluding hydrogens is 466 g/mol. The number of hydrogen-bond donors (Lipinski definition) is 3. The Bertz CT molecular complexity index is 957. The SMILES string of the molecule is COC(=O)CNC(=O)C(c1cccc(O)c1)N(C(=O)C(CC(C)C)NC(=O)OC(C)(C)C)C1CC1C. The standard InChI is InChI=1S/C26H39N3O7/c1-15(2)11-19(28-25(34)36-26(4,5)6)24(33)29(20-12-16(20)3)22(17-9-8-10-18(30)13-17)23(32)27-14-21(31)35-7/h8-10,13,15-16,19-20,22,30H,11-12,14H2,1-7H3,(H,27,32)(H,28,34). The highest BCUT2D eigenvalue weighted by Gasteiger charge is 2.48. The normalized spacial score (nSPS) is 18.6. The molecule has 3 N–H and O–H groups in total. The third-order valence-electron chi connectivity index (χ3n) is 5.72. The van der Waals surface area contributed by atoms with Crippen LogP contribution in [0.25, 0.3) is 0 Å². The van der Waals surface area contributed by atoms with Gasteiger partial charge in [-0.25, -0.2) is 4.79 Å². The minimum atomic E-state index is -1.14. The van der Waals surface area contributed by atoms with E-state index >= 15 is 0 Å². The van der Waals surface area contributed by atoms with Crippen LogP contribution in [0.4, 0.5) is 4.79 Å². The van der Waals surface area contributed by atoms with Gasteiger partial charge in [0.15, 0.2) is 0 Å². The Labute approximate surface area is 212 Å². The third-order valence-corrected chi connectivity index (χ3v) is 5.72. The highest BCUT2D eigenvalue weighted by atomic mass is 16.6. The number of nitrogens with one attached hydrogen (secondary N) is 2. The molecular formula is C26H39N3O7. The Morgan fingerprint density at radius 3 is 2.33 bits per heavy atom. The Balaban J connectivity index is 2.47. The number of rotatable bonds is 10.